The van der Waals surface area contributed by atoms with E-state index in [-0.39, 0.29) is 9.92 Å². The molecule has 9 nitrogen and oxygen atoms in total. The summed E-state index contributed by atoms with van der Waals surface area (Å²) >= 11 is 6.16. The van der Waals surface area contributed by atoms with E-state index >= 15 is 0 Å². The van der Waals surface area contributed by atoms with Crippen LogP contribution in [0.4, 0.5) is 5.82 Å². The number of aromatic nitrogens is 4. The topological polar surface area (TPSA) is 93.5 Å². The lowest BCUT2D eigenvalue weighted by atomic mass is 10.2. The SMILES string of the molecule is COc1cc(C)c(S(=O)(=O)N2CCN(c3ccc(-n4ccnc4)nn3)CC2)cc1Cl. The Labute approximate surface area is 179 Å². The van der Waals surface area contributed by atoms with Gasteiger partial charge in [0.05, 0.1) is 17.0 Å². The molecule has 0 aliphatic carbocycles. The second-order valence-electron chi connectivity index (χ2n) is 6.86. The van der Waals surface area contributed by atoms with Crippen molar-refractivity contribution in [3.8, 4) is 11.6 Å². The van der Waals surface area contributed by atoms with Crippen molar-refractivity contribution in [3.05, 3.63) is 53.6 Å². The zero-order valence-corrected chi connectivity index (χ0v) is 18.1. The van der Waals surface area contributed by atoms with E-state index in [4.69, 9.17) is 16.3 Å². The maximum atomic E-state index is 13.2. The molecular weight excluding hydrogens is 428 g/mol. The summed E-state index contributed by atoms with van der Waals surface area (Å²) in [5.41, 5.74) is 0.597. The summed E-state index contributed by atoms with van der Waals surface area (Å²) < 4.78 is 34.7. The first-order chi connectivity index (χ1) is 14.4. The van der Waals surface area contributed by atoms with Gasteiger partial charge in [-0.2, -0.15) is 4.31 Å². The van der Waals surface area contributed by atoms with E-state index in [0.717, 1.165) is 0 Å². The molecule has 3 aromatic rings. The van der Waals surface area contributed by atoms with Crippen molar-refractivity contribution in [1.29, 1.82) is 0 Å². The molecule has 0 atom stereocenters. The minimum Gasteiger partial charge on any atom is -0.495 e. The largest absolute Gasteiger partial charge is 0.495 e. The van der Waals surface area contributed by atoms with Crippen LogP contribution in [0.3, 0.4) is 0 Å². The number of methoxy groups -OCH3 is 1. The lowest BCUT2D eigenvalue weighted by Gasteiger charge is -2.34. The maximum absolute atomic E-state index is 13.2. The van der Waals surface area contributed by atoms with Gasteiger partial charge in [-0.3, -0.25) is 4.57 Å². The van der Waals surface area contributed by atoms with Crippen molar-refractivity contribution in [2.45, 2.75) is 11.8 Å². The molecule has 0 unspecified atom stereocenters. The van der Waals surface area contributed by atoms with Gasteiger partial charge in [-0.05, 0) is 36.8 Å². The van der Waals surface area contributed by atoms with Crippen LogP contribution in [-0.4, -0.2) is 65.8 Å². The molecule has 1 aliphatic heterocycles. The predicted molar refractivity (Wildman–Crippen MR) is 113 cm³/mol. The van der Waals surface area contributed by atoms with Gasteiger partial charge >= 0.3 is 0 Å². The van der Waals surface area contributed by atoms with Gasteiger partial charge in [0.2, 0.25) is 10.0 Å². The number of imidazole rings is 1. The summed E-state index contributed by atoms with van der Waals surface area (Å²) in [6.45, 7) is 3.45. The van der Waals surface area contributed by atoms with E-state index in [2.05, 4.69) is 15.2 Å². The van der Waals surface area contributed by atoms with E-state index < -0.39 is 10.0 Å². The summed E-state index contributed by atoms with van der Waals surface area (Å²) in [4.78, 5) is 6.21. The van der Waals surface area contributed by atoms with Crippen molar-refractivity contribution in [3.63, 3.8) is 0 Å². The predicted octanol–water partition coefficient (Wildman–Crippen LogP) is 2.14. The van der Waals surface area contributed by atoms with E-state index in [0.29, 0.717) is 49.1 Å². The lowest BCUT2D eigenvalue weighted by molar-refractivity contribution is 0.383. The van der Waals surface area contributed by atoms with Crippen molar-refractivity contribution in [2.75, 3.05) is 38.2 Å². The molecule has 158 valence electrons. The molecule has 1 saturated heterocycles. The standard InChI is InChI=1S/C19H21ClN6O3S/c1-14-11-16(29-2)15(20)12-17(14)30(27,28)26-9-7-24(8-10-26)18-3-4-19(23-22-18)25-6-5-21-13-25/h3-6,11-13H,7-10H2,1-2H3. The van der Waals surface area contributed by atoms with Gasteiger partial charge in [-0.25, -0.2) is 13.4 Å². The molecule has 0 amide bonds. The minimum absolute atomic E-state index is 0.200. The smallest absolute Gasteiger partial charge is 0.243 e. The molecule has 1 aromatic carbocycles. The molecule has 0 saturated carbocycles. The molecule has 0 bridgehead atoms. The Morgan fingerprint density at radius 3 is 2.37 bits per heavy atom. The highest BCUT2D eigenvalue weighted by Gasteiger charge is 2.31. The Kier molecular flexibility index (Phi) is 5.63. The number of benzene rings is 1. The number of nitrogens with zero attached hydrogens (tertiary/aromatic N) is 6. The van der Waals surface area contributed by atoms with Gasteiger partial charge < -0.3 is 9.64 Å². The zero-order valence-electron chi connectivity index (χ0n) is 16.6. The second-order valence-corrected chi connectivity index (χ2v) is 9.18. The molecule has 0 N–H and O–H groups in total. The van der Waals surface area contributed by atoms with Crippen LogP contribution in [0.1, 0.15) is 5.56 Å². The highest BCUT2D eigenvalue weighted by molar-refractivity contribution is 7.89. The molecule has 0 spiro atoms. The first kappa shape index (κ1) is 20.6. The van der Waals surface area contributed by atoms with Gasteiger partial charge in [-0.15, -0.1) is 10.2 Å². The van der Waals surface area contributed by atoms with E-state index in [1.165, 1.54) is 17.5 Å². The summed E-state index contributed by atoms with van der Waals surface area (Å²) in [5, 5.41) is 8.77. The van der Waals surface area contributed by atoms with Gasteiger partial charge in [0.25, 0.3) is 0 Å². The number of aryl methyl sites for hydroxylation is 1. The van der Waals surface area contributed by atoms with E-state index in [1.54, 1.807) is 36.3 Å². The highest BCUT2D eigenvalue weighted by atomic mass is 35.5. The average Bonchev–Trinajstić information content (AvgIpc) is 3.30. The van der Waals surface area contributed by atoms with E-state index in [1.807, 2.05) is 17.0 Å². The normalized spacial score (nSPS) is 15.4. The van der Waals surface area contributed by atoms with Crippen molar-refractivity contribution >= 4 is 27.4 Å². The van der Waals surface area contributed by atoms with Crippen molar-refractivity contribution < 1.29 is 13.2 Å². The number of hydrogen-bond donors (Lipinski definition) is 0. The summed E-state index contributed by atoms with van der Waals surface area (Å²) in [5.74, 6) is 1.83. The quantitative estimate of drug-likeness (QED) is 0.590. The molecule has 4 rings (SSSR count). The van der Waals surface area contributed by atoms with Crippen LogP contribution in [0.15, 0.2) is 47.9 Å². The molecule has 30 heavy (non-hydrogen) atoms. The number of sulfonamides is 1. The summed E-state index contributed by atoms with van der Waals surface area (Å²) in [7, 11) is -2.16. The van der Waals surface area contributed by atoms with Crippen LogP contribution in [-0.2, 0) is 10.0 Å². The minimum atomic E-state index is -3.66. The Morgan fingerprint density at radius 1 is 1.07 bits per heavy atom. The van der Waals surface area contributed by atoms with Crippen molar-refractivity contribution in [1.82, 2.24) is 24.1 Å². The fourth-order valence-corrected chi connectivity index (χ4v) is 5.35. The third kappa shape index (κ3) is 3.85. The molecule has 3 heterocycles. The fraction of sp³-hybridized carbons (Fsp3) is 0.316. The Balaban J connectivity index is 1.47. The number of piperazine rings is 1. The first-order valence-electron chi connectivity index (χ1n) is 9.31. The van der Waals surface area contributed by atoms with Crippen LogP contribution < -0.4 is 9.64 Å². The van der Waals surface area contributed by atoms with Gasteiger partial charge in [0, 0.05) is 38.6 Å². The van der Waals surface area contributed by atoms with Crippen LogP contribution in [0.2, 0.25) is 5.02 Å². The van der Waals surface area contributed by atoms with Gasteiger partial charge in [-0.1, -0.05) is 11.6 Å². The van der Waals surface area contributed by atoms with Crippen molar-refractivity contribution in [2.24, 2.45) is 0 Å². The zero-order chi connectivity index (χ0) is 21.3. The monoisotopic (exact) mass is 448 g/mol. The number of halogens is 1. The van der Waals surface area contributed by atoms with Gasteiger partial charge in [0.1, 0.15) is 12.1 Å². The lowest BCUT2D eigenvalue weighted by Crippen LogP contribution is -2.49. The third-order valence-corrected chi connectivity index (χ3v) is 7.37. The fourth-order valence-electron chi connectivity index (χ4n) is 3.39. The summed E-state index contributed by atoms with van der Waals surface area (Å²) in [6.07, 6.45) is 5.12. The summed E-state index contributed by atoms with van der Waals surface area (Å²) in [6, 6.07) is 6.83. The van der Waals surface area contributed by atoms with Crippen LogP contribution in [0.25, 0.3) is 5.82 Å². The van der Waals surface area contributed by atoms with Crippen LogP contribution >= 0.6 is 11.6 Å². The Hall–Kier alpha value is -2.69. The highest BCUT2D eigenvalue weighted by Crippen LogP contribution is 2.32. The van der Waals surface area contributed by atoms with Crippen LogP contribution in [0, 0.1) is 6.92 Å². The van der Waals surface area contributed by atoms with Crippen LogP contribution in [0.5, 0.6) is 5.75 Å². The molecule has 0 radical (unpaired) electrons. The number of rotatable bonds is 5. The van der Waals surface area contributed by atoms with Gasteiger partial charge in [0.15, 0.2) is 11.6 Å². The maximum Gasteiger partial charge on any atom is 0.243 e. The average molecular weight is 449 g/mol. The molecule has 2 aromatic heterocycles. The molecular formula is C19H21ClN6O3S. The molecule has 1 aliphatic rings. The Morgan fingerprint density at radius 2 is 1.77 bits per heavy atom. The number of anilines is 1. The van der Waals surface area contributed by atoms with E-state index in [9.17, 15) is 8.42 Å². The number of ether oxygens (including phenoxy) is 1. The first-order valence-corrected chi connectivity index (χ1v) is 11.1. The Bertz CT molecular complexity index is 1130. The second kappa shape index (κ2) is 8.21. The molecule has 11 heteroatoms. The molecule has 1 fully saturated rings. The third-order valence-electron chi connectivity index (χ3n) is 5.04. The number of hydrogen-bond acceptors (Lipinski definition) is 7.